The van der Waals surface area contributed by atoms with E-state index in [-0.39, 0.29) is 36.3 Å². The number of hydrogen-bond acceptors (Lipinski definition) is 5. The van der Waals surface area contributed by atoms with Crippen LogP contribution < -0.4 is 10.1 Å². The molecule has 1 heterocycles. The van der Waals surface area contributed by atoms with Crippen LogP contribution in [0.5, 0.6) is 5.75 Å². The molecule has 0 spiro atoms. The Hall–Kier alpha value is -2.38. The summed E-state index contributed by atoms with van der Waals surface area (Å²) in [6, 6.07) is 6.89. The number of hydrogen-bond donors (Lipinski definition) is 3. The molecule has 7 unspecified atom stereocenters. The van der Waals surface area contributed by atoms with Gasteiger partial charge >= 0.3 is 0 Å². The number of aliphatic hydroxyl groups is 2. The molecule has 0 saturated heterocycles. The second-order valence-corrected chi connectivity index (χ2v) is 12.0. The van der Waals surface area contributed by atoms with Gasteiger partial charge in [0.15, 0.2) is 0 Å². The van der Waals surface area contributed by atoms with Crippen LogP contribution in [0.3, 0.4) is 0 Å². The summed E-state index contributed by atoms with van der Waals surface area (Å²) in [4.78, 5) is 28.7. The van der Waals surface area contributed by atoms with Crippen LogP contribution in [0.1, 0.15) is 58.4 Å². The fraction of sp³-hybridized carbons (Fsp3) is 0.655. The maximum atomic E-state index is 13.6. The van der Waals surface area contributed by atoms with Gasteiger partial charge in [0, 0.05) is 30.1 Å². The second-order valence-electron chi connectivity index (χ2n) is 12.0. The summed E-state index contributed by atoms with van der Waals surface area (Å²) in [6.07, 6.45) is 3.64. The van der Waals surface area contributed by atoms with Gasteiger partial charge in [0.25, 0.3) is 0 Å². The van der Waals surface area contributed by atoms with Gasteiger partial charge in [-0.05, 0) is 54.6 Å². The number of carbonyl (C=O) groups excluding carboxylic acids is 2. The summed E-state index contributed by atoms with van der Waals surface area (Å²) in [5, 5.41) is 23.7. The van der Waals surface area contributed by atoms with Crippen LogP contribution in [-0.4, -0.2) is 64.9 Å². The van der Waals surface area contributed by atoms with Crippen molar-refractivity contribution in [3.8, 4) is 5.75 Å². The van der Waals surface area contributed by atoms with Crippen molar-refractivity contribution in [2.24, 2.45) is 29.1 Å². The fourth-order valence-corrected chi connectivity index (χ4v) is 7.32. The molecule has 1 aliphatic heterocycles. The highest BCUT2D eigenvalue weighted by atomic mass is 16.5. The van der Waals surface area contributed by atoms with E-state index >= 15 is 0 Å². The van der Waals surface area contributed by atoms with Crippen molar-refractivity contribution >= 4 is 11.8 Å². The molecular formula is C29H40N2O5. The van der Waals surface area contributed by atoms with Crippen LogP contribution in [0.4, 0.5) is 0 Å². The number of rotatable bonds is 7. The first-order valence-electron chi connectivity index (χ1n) is 13.5. The highest BCUT2D eigenvalue weighted by molar-refractivity contribution is 5.96. The van der Waals surface area contributed by atoms with Crippen molar-refractivity contribution in [2.75, 3.05) is 19.7 Å². The average molecular weight is 497 g/mol. The van der Waals surface area contributed by atoms with Crippen LogP contribution in [-0.2, 0) is 9.59 Å². The van der Waals surface area contributed by atoms with Crippen molar-refractivity contribution < 1.29 is 24.5 Å². The minimum Gasteiger partial charge on any atom is -0.486 e. The van der Waals surface area contributed by atoms with Crippen LogP contribution in [0.15, 0.2) is 35.9 Å². The van der Waals surface area contributed by atoms with Crippen LogP contribution in [0.2, 0.25) is 0 Å². The molecule has 1 aromatic rings. The van der Waals surface area contributed by atoms with Crippen molar-refractivity contribution in [1.29, 1.82) is 0 Å². The molecule has 36 heavy (non-hydrogen) atoms. The van der Waals surface area contributed by atoms with Gasteiger partial charge in [-0.2, -0.15) is 0 Å². The van der Waals surface area contributed by atoms with Gasteiger partial charge < -0.3 is 25.2 Å². The standard InChI is InChI=1S/C29H40N2O5/c1-16(2)28(35)31(15-17-9-10-18-13-21(17)29(18,3)4)22-14-20(27(34)30-11-12-32)24-19-7-5-6-8-23(19)36-26(24)25(22)33/h5-8,14,16-18,21-22,24-26,32-33H,9-13,15H2,1-4H3,(H,30,34). The van der Waals surface area contributed by atoms with Gasteiger partial charge in [-0.25, -0.2) is 0 Å². The van der Waals surface area contributed by atoms with Gasteiger partial charge in [-0.3, -0.25) is 9.59 Å². The van der Waals surface area contributed by atoms with Gasteiger partial charge in [-0.1, -0.05) is 45.9 Å². The van der Waals surface area contributed by atoms with E-state index in [1.165, 1.54) is 12.8 Å². The molecule has 2 bridgehead atoms. The van der Waals surface area contributed by atoms with E-state index in [9.17, 15) is 19.8 Å². The summed E-state index contributed by atoms with van der Waals surface area (Å²) >= 11 is 0. The molecule has 7 atom stereocenters. The first-order valence-corrected chi connectivity index (χ1v) is 13.5. The molecule has 2 amide bonds. The van der Waals surface area contributed by atoms with Crippen LogP contribution in [0.25, 0.3) is 0 Å². The van der Waals surface area contributed by atoms with E-state index < -0.39 is 24.2 Å². The summed E-state index contributed by atoms with van der Waals surface area (Å²) in [5.74, 6) is 1.39. The fourth-order valence-electron chi connectivity index (χ4n) is 7.32. The quantitative estimate of drug-likeness (QED) is 0.539. The Morgan fingerprint density at radius 3 is 2.64 bits per heavy atom. The van der Waals surface area contributed by atoms with Crippen LogP contribution >= 0.6 is 0 Å². The molecule has 3 fully saturated rings. The third kappa shape index (κ3) is 4.04. The van der Waals surface area contributed by atoms with Crippen molar-refractivity contribution in [3.05, 3.63) is 41.5 Å². The molecule has 7 heteroatoms. The highest BCUT2D eigenvalue weighted by Gasteiger charge is 2.56. The first kappa shape index (κ1) is 25.3. The lowest BCUT2D eigenvalue weighted by atomic mass is 9.45. The number of fused-ring (bicyclic) bond motifs is 5. The van der Waals surface area contributed by atoms with Gasteiger partial charge in [0.1, 0.15) is 18.0 Å². The van der Waals surface area contributed by atoms with Crippen molar-refractivity contribution in [1.82, 2.24) is 10.2 Å². The largest absolute Gasteiger partial charge is 0.486 e. The maximum absolute atomic E-state index is 13.6. The minimum absolute atomic E-state index is 0.0152. The molecule has 3 N–H and O–H groups in total. The average Bonchev–Trinajstić information content (AvgIpc) is 3.26. The lowest BCUT2D eigenvalue weighted by Gasteiger charge is -2.61. The summed E-state index contributed by atoms with van der Waals surface area (Å²) in [7, 11) is 0. The molecule has 4 aliphatic carbocycles. The van der Waals surface area contributed by atoms with Gasteiger partial charge in [-0.15, -0.1) is 0 Å². The smallest absolute Gasteiger partial charge is 0.247 e. The normalized spacial score (nSPS) is 33.5. The predicted octanol–water partition coefficient (Wildman–Crippen LogP) is 2.87. The predicted molar refractivity (Wildman–Crippen MR) is 136 cm³/mol. The molecule has 3 saturated carbocycles. The Labute approximate surface area is 213 Å². The SMILES string of the molecule is CC(C)C(=O)N(CC1CCC2CC1C2(C)C)C1C=C(C(=O)NCCO)C2c3ccccc3OC2C1O. The number of ether oxygens (including phenoxy) is 1. The van der Waals surface area contributed by atoms with E-state index in [4.69, 9.17) is 4.74 Å². The third-order valence-corrected chi connectivity index (χ3v) is 9.45. The Kier molecular flexibility index (Phi) is 6.66. The molecule has 196 valence electrons. The zero-order valence-corrected chi connectivity index (χ0v) is 21.8. The summed E-state index contributed by atoms with van der Waals surface area (Å²) in [6.45, 7) is 9.02. The second kappa shape index (κ2) is 9.49. The number of benzene rings is 1. The maximum Gasteiger partial charge on any atom is 0.247 e. The van der Waals surface area contributed by atoms with Crippen molar-refractivity contribution in [3.63, 3.8) is 0 Å². The first-order chi connectivity index (χ1) is 17.1. The van der Waals surface area contributed by atoms with E-state index in [0.717, 1.165) is 17.9 Å². The van der Waals surface area contributed by atoms with E-state index in [1.54, 1.807) is 6.08 Å². The topological polar surface area (TPSA) is 99.1 Å². The van der Waals surface area contributed by atoms with E-state index in [2.05, 4.69) is 19.2 Å². The Bertz CT molecular complexity index is 1050. The third-order valence-electron chi connectivity index (χ3n) is 9.45. The lowest BCUT2D eigenvalue weighted by Crippen LogP contribution is -2.60. The monoisotopic (exact) mass is 496 g/mol. The molecule has 5 aliphatic rings. The minimum atomic E-state index is -0.967. The number of amides is 2. The van der Waals surface area contributed by atoms with E-state index in [1.807, 2.05) is 43.0 Å². The molecule has 0 aromatic heterocycles. The van der Waals surface area contributed by atoms with E-state index in [0.29, 0.717) is 29.7 Å². The summed E-state index contributed by atoms with van der Waals surface area (Å²) < 4.78 is 6.22. The number of aliphatic hydroxyl groups excluding tert-OH is 2. The lowest BCUT2D eigenvalue weighted by molar-refractivity contribution is -0.149. The number of carbonyl (C=O) groups is 2. The van der Waals surface area contributed by atoms with Crippen LogP contribution in [0, 0.1) is 29.1 Å². The number of nitrogens with zero attached hydrogens (tertiary/aromatic N) is 1. The Balaban J connectivity index is 1.51. The zero-order chi connectivity index (χ0) is 25.8. The Morgan fingerprint density at radius 1 is 1.22 bits per heavy atom. The Morgan fingerprint density at radius 2 is 1.97 bits per heavy atom. The van der Waals surface area contributed by atoms with Crippen molar-refractivity contribution in [2.45, 2.75) is 71.1 Å². The van der Waals surface area contributed by atoms with Gasteiger partial charge in [0.05, 0.1) is 18.6 Å². The molecule has 1 aromatic carbocycles. The molecule has 0 radical (unpaired) electrons. The number of para-hydroxylation sites is 1. The molecular weight excluding hydrogens is 456 g/mol. The molecule has 6 rings (SSSR count). The zero-order valence-electron chi connectivity index (χ0n) is 21.8. The highest BCUT2D eigenvalue weighted by Crippen LogP contribution is 2.61. The van der Waals surface area contributed by atoms with Gasteiger partial charge in [0.2, 0.25) is 11.8 Å². The summed E-state index contributed by atoms with van der Waals surface area (Å²) in [5.41, 5.74) is 1.64. The number of nitrogens with one attached hydrogen (secondary N) is 1. The molecule has 7 nitrogen and oxygen atoms in total.